The number of rotatable bonds is 9. The van der Waals surface area contributed by atoms with Gasteiger partial charge in [0.2, 0.25) is 11.8 Å². The standard InChI is InChI=1S/C20H31N3O3/c1-15(19(25)21-13-20(2,3)14-23(4)5)22-18(24)12-9-16-7-10-17(26-6)11-8-16/h7-12,15H,13-14H2,1-6H3,(H,21,25)(H,22,24). The molecule has 144 valence electrons. The number of methoxy groups -OCH3 is 1. The van der Waals surface area contributed by atoms with E-state index in [1.54, 1.807) is 20.1 Å². The summed E-state index contributed by atoms with van der Waals surface area (Å²) >= 11 is 0. The van der Waals surface area contributed by atoms with E-state index in [0.717, 1.165) is 17.9 Å². The smallest absolute Gasteiger partial charge is 0.244 e. The van der Waals surface area contributed by atoms with Crippen molar-refractivity contribution in [2.75, 3.05) is 34.3 Å². The molecule has 0 radical (unpaired) electrons. The number of carbonyl (C=O) groups excluding carboxylic acids is 2. The molecule has 2 amide bonds. The highest BCUT2D eigenvalue weighted by Crippen LogP contribution is 2.14. The van der Waals surface area contributed by atoms with Gasteiger partial charge in [-0.25, -0.2) is 0 Å². The molecular weight excluding hydrogens is 330 g/mol. The summed E-state index contributed by atoms with van der Waals surface area (Å²) in [5, 5.41) is 5.58. The molecule has 0 bridgehead atoms. The second-order valence-electron chi connectivity index (χ2n) is 7.46. The minimum absolute atomic E-state index is 0.0445. The van der Waals surface area contributed by atoms with Crippen LogP contribution in [0.15, 0.2) is 30.3 Å². The summed E-state index contributed by atoms with van der Waals surface area (Å²) in [5.41, 5.74) is 0.834. The maximum absolute atomic E-state index is 12.2. The number of hydrogen-bond donors (Lipinski definition) is 2. The van der Waals surface area contributed by atoms with Crippen molar-refractivity contribution in [1.29, 1.82) is 0 Å². The minimum Gasteiger partial charge on any atom is -0.497 e. The van der Waals surface area contributed by atoms with Gasteiger partial charge in [-0.2, -0.15) is 0 Å². The van der Waals surface area contributed by atoms with E-state index in [-0.39, 0.29) is 17.2 Å². The first kappa shape index (κ1) is 21.7. The number of hydrogen-bond acceptors (Lipinski definition) is 4. The summed E-state index contributed by atoms with van der Waals surface area (Å²) in [5.74, 6) is 0.258. The minimum atomic E-state index is -0.599. The Morgan fingerprint density at radius 1 is 1.23 bits per heavy atom. The van der Waals surface area contributed by atoms with E-state index in [2.05, 4.69) is 29.4 Å². The Bertz CT molecular complexity index is 622. The lowest BCUT2D eigenvalue weighted by Crippen LogP contribution is -2.48. The Balaban J connectivity index is 2.47. The average Bonchev–Trinajstić information content (AvgIpc) is 2.57. The fraction of sp³-hybridized carbons (Fsp3) is 0.500. The van der Waals surface area contributed by atoms with Gasteiger partial charge in [0, 0.05) is 19.2 Å². The molecule has 0 fully saturated rings. The molecule has 26 heavy (non-hydrogen) atoms. The van der Waals surface area contributed by atoms with Crippen LogP contribution in [0.1, 0.15) is 26.3 Å². The van der Waals surface area contributed by atoms with Gasteiger partial charge in [-0.3, -0.25) is 9.59 Å². The van der Waals surface area contributed by atoms with Crippen molar-refractivity contribution in [2.45, 2.75) is 26.8 Å². The molecule has 2 N–H and O–H groups in total. The number of amides is 2. The molecule has 0 spiro atoms. The first-order chi connectivity index (χ1) is 12.1. The van der Waals surface area contributed by atoms with E-state index in [0.29, 0.717) is 6.54 Å². The second kappa shape index (κ2) is 9.97. The van der Waals surface area contributed by atoms with Gasteiger partial charge in [0.05, 0.1) is 7.11 Å². The molecule has 0 saturated heterocycles. The van der Waals surface area contributed by atoms with Crippen LogP contribution in [0.5, 0.6) is 5.75 Å². The van der Waals surface area contributed by atoms with Gasteiger partial charge in [-0.15, -0.1) is 0 Å². The summed E-state index contributed by atoms with van der Waals surface area (Å²) < 4.78 is 5.09. The van der Waals surface area contributed by atoms with Gasteiger partial charge in [-0.1, -0.05) is 26.0 Å². The van der Waals surface area contributed by atoms with Crippen molar-refractivity contribution in [2.24, 2.45) is 5.41 Å². The summed E-state index contributed by atoms with van der Waals surface area (Å²) in [6, 6.07) is 6.75. The van der Waals surface area contributed by atoms with Crippen LogP contribution in [-0.4, -0.2) is 57.1 Å². The van der Waals surface area contributed by atoms with Gasteiger partial charge >= 0.3 is 0 Å². The van der Waals surface area contributed by atoms with Crippen LogP contribution >= 0.6 is 0 Å². The van der Waals surface area contributed by atoms with E-state index in [1.165, 1.54) is 6.08 Å². The van der Waals surface area contributed by atoms with Gasteiger partial charge in [0.25, 0.3) is 0 Å². The Morgan fingerprint density at radius 2 is 1.85 bits per heavy atom. The average molecular weight is 361 g/mol. The van der Waals surface area contributed by atoms with Gasteiger partial charge < -0.3 is 20.3 Å². The maximum Gasteiger partial charge on any atom is 0.244 e. The van der Waals surface area contributed by atoms with E-state index in [4.69, 9.17) is 4.74 Å². The monoisotopic (exact) mass is 361 g/mol. The van der Waals surface area contributed by atoms with Crippen LogP contribution in [0.25, 0.3) is 6.08 Å². The first-order valence-corrected chi connectivity index (χ1v) is 8.68. The lowest BCUT2D eigenvalue weighted by Gasteiger charge is -2.29. The van der Waals surface area contributed by atoms with Crippen molar-refractivity contribution in [3.63, 3.8) is 0 Å². The van der Waals surface area contributed by atoms with Crippen LogP contribution in [-0.2, 0) is 9.59 Å². The fourth-order valence-electron chi connectivity index (χ4n) is 2.61. The molecule has 0 aromatic heterocycles. The second-order valence-corrected chi connectivity index (χ2v) is 7.46. The molecule has 1 aromatic rings. The number of nitrogens with one attached hydrogen (secondary N) is 2. The third-order valence-corrected chi connectivity index (χ3v) is 3.78. The Labute approximate surface area is 156 Å². The Morgan fingerprint density at radius 3 is 2.38 bits per heavy atom. The molecule has 0 saturated carbocycles. The maximum atomic E-state index is 12.2. The number of ether oxygens (including phenoxy) is 1. The SMILES string of the molecule is COc1ccc(C=CC(=O)NC(C)C(=O)NCC(C)(C)CN(C)C)cc1. The predicted octanol–water partition coefficient (Wildman–Crippen LogP) is 1.92. The number of carbonyl (C=O) groups is 2. The van der Waals surface area contributed by atoms with Crippen molar-refractivity contribution in [1.82, 2.24) is 15.5 Å². The number of benzene rings is 1. The Hall–Kier alpha value is -2.34. The predicted molar refractivity (Wildman–Crippen MR) is 105 cm³/mol. The highest BCUT2D eigenvalue weighted by Gasteiger charge is 2.22. The van der Waals surface area contributed by atoms with Gasteiger partial charge in [-0.05, 0) is 50.2 Å². The molecule has 1 aromatic carbocycles. The van der Waals surface area contributed by atoms with Crippen molar-refractivity contribution in [3.8, 4) is 5.75 Å². The molecule has 1 rings (SSSR count). The number of nitrogens with zero attached hydrogens (tertiary/aromatic N) is 1. The topological polar surface area (TPSA) is 70.7 Å². The lowest BCUT2D eigenvalue weighted by molar-refractivity contribution is -0.127. The molecule has 0 aliphatic rings. The molecule has 0 aliphatic heterocycles. The van der Waals surface area contributed by atoms with Gasteiger partial charge in [0.1, 0.15) is 11.8 Å². The zero-order valence-electron chi connectivity index (χ0n) is 16.6. The van der Waals surface area contributed by atoms with Crippen molar-refractivity contribution >= 4 is 17.9 Å². The van der Waals surface area contributed by atoms with Crippen LogP contribution in [0.2, 0.25) is 0 Å². The van der Waals surface area contributed by atoms with E-state index < -0.39 is 6.04 Å². The van der Waals surface area contributed by atoms with Crippen molar-refractivity contribution < 1.29 is 14.3 Å². The highest BCUT2D eigenvalue weighted by atomic mass is 16.5. The van der Waals surface area contributed by atoms with Crippen LogP contribution in [0.4, 0.5) is 0 Å². The molecule has 0 heterocycles. The summed E-state index contributed by atoms with van der Waals surface area (Å²) in [6.07, 6.45) is 3.11. The zero-order chi connectivity index (χ0) is 19.7. The third kappa shape index (κ3) is 8.16. The zero-order valence-corrected chi connectivity index (χ0v) is 16.6. The molecule has 1 atom stereocenters. The molecular formula is C20H31N3O3. The lowest BCUT2D eigenvalue weighted by atomic mass is 9.93. The summed E-state index contributed by atoms with van der Waals surface area (Å²) in [4.78, 5) is 26.3. The summed E-state index contributed by atoms with van der Waals surface area (Å²) in [7, 11) is 5.61. The largest absolute Gasteiger partial charge is 0.497 e. The van der Waals surface area contributed by atoms with E-state index in [1.807, 2.05) is 38.4 Å². The highest BCUT2D eigenvalue weighted by molar-refractivity contribution is 5.95. The van der Waals surface area contributed by atoms with Crippen LogP contribution in [0, 0.1) is 5.41 Å². The molecule has 6 heteroatoms. The van der Waals surface area contributed by atoms with E-state index >= 15 is 0 Å². The molecule has 1 unspecified atom stereocenters. The first-order valence-electron chi connectivity index (χ1n) is 8.68. The quantitative estimate of drug-likeness (QED) is 0.659. The normalized spacial score (nSPS) is 12.9. The molecule has 0 aliphatic carbocycles. The molecule has 6 nitrogen and oxygen atoms in total. The van der Waals surface area contributed by atoms with Gasteiger partial charge in [0.15, 0.2) is 0 Å². The van der Waals surface area contributed by atoms with Crippen molar-refractivity contribution in [3.05, 3.63) is 35.9 Å². The van der Waals surface area contributed by atoms with Crippen LogP contribution in [0.3, 0.4) is 0 Å². The summed E-state index contributed by atoms with van der Waals surface area (Å²) in [6.45, 7) is 7.26. The van der Waals surface area contributed by atoms with Crippen LogP contribution < -0.4 is 15.4 Å². The Kier molecular flexibility index (Phi) is 8.32. The third-order valence-electron chi connectivity index (χ3n) is 3.78. The van der Waals surface area contributed by atoms with E-state index in [9.17, 15) is 9.59 Å². The fourth-order valence-corrected chi connectivity index (χ4v) is 2.61.